The van der Waals surface area contributed by atoms with Crippen LogP contribution in [-0.4, -0.2) is 49.6 Å². The molecule has 0 amide bonds. The maximum absolute atomic E-state index is 3.95. The molecule has 0 saturated heterocycles. The van der Waals surface area contributed by atoms with Gasteiger partial charge in [-0.15, -0.1) is 0 Å². The van der Waals surface area contributed by atoms with Crippen LogP contribution in [0.2, 0.25) is 0 Å². The monoisotopic (exact) mass is 252 g/mol. The molecule has 7 heteroatoms. The van der Waals surface area contributed by atoms with Crippen LogP contribution in [-0.2, 0) is 19.5 Å². The Kier molecular flexibility index (Phi) is 4.83. The van der Waals surface area contributed by atoms with Crippen LogP contribution in [0.4, 0.5) is 0 Å². The van der Waals surface area contributed by atoms with E-state index in [9.17, 15) is 0 Å². The van der Waals surface area contributed by atoms with Crippen molar-refractivity contribution >= 4 is 36.5 Å². The Labute approximate surface area is 99.5 Å². The van der Waals surface area contributed by atoms with E-state index in [4.69, 9.17) is 0 Å². The normalized spacial score (nSPS) is 18.7. The van der Waals surface area contributed by atoms with E-state index in [0.29, 0.717) is 13.1 Å². The first-order chi connectivity index (χ1) is 6.95. The second-order valence-electron chi connectivity index (χ2n) is 2.64. The van der Waals surface area contributed by atoms with Gasteiger partial charge in [-0.25, -0.2) is 9.98 Å². The van der Waals surface area contributed by atoms with Crippen LogP contribution in [0.5, 0.6) is 0 Å². The Morgan fingerprint density at radius 2 is 1.40 bits per heavy atom. The molecular formula is C8H8N6Zn. The number of aliphatic imine (C=N–C) groups is 4. The summed E-state index contributed by atoms with van der Waals surface area (Å²) >= 11 is 0. The second kappa shape index (κ2) is 6.19. The van der Waals surface area contributed by atoms with E-state index in [1.165, 1.54) is 12.7 Å². The molecule has 0 atom stereocenters. The minimum absolute atomic E-state index is 0. The van der Waals surface area contributed by atoms with E-state index in [2.05, 4.69) is 30.2 Å². The molecule has 0 saturated carbocycles. The van der Waals surface area contributed by atoms with Gasteiger partial charge in [0.2, 0.25) is 0 Å². The molecule has 15 heavy (non-hydrogen) atoms. The molecule has 6 nitrogen and oxygen atoms in total. The van der Waals surface area contributed by atoms with Crippen LogP contribution in [0.1, 0.15) is 0 Å². The summed E-state index contributed by atoms with van der Waals surface area (Å²) in [5.74, 6) is 0. The van der Waals surface area contributed by atoms with Gasteiger partial charge >= 0.3 is 0 Å². The van der Waals surface area contributed by atoms with Gasteiger partial charge in [0.1, 0.15) is 12.7 Å². The summed E-state index contributed by atoms with van der Waals surface area (Å²) in [6.45, 7) is 1.17. The van der Waals surface area contributed by atoms with Gasteiger partial charge in [0.15, 0.2) is 0 Å². The predicted molar refractivity (Wildman–Crippen MR) is 58.6 cm³/mol. The zero-order valence-corrected chi connectivity index (χ0v) is 11.1. The van der Waals surface area contributed by atoms with Crippen LogP contribution in [0, 0.1) is 0 Å². The van der Waals surface area contributed by atoms with Gasteiger partial charge in [-0.2, -0.15) is 10.2 Å². The molecule has 0 aromatic heterocycles. The fourth-order valence-corrected chi connectivity index (χ4v) is 0.929. The third-order valence-corrected chi connectivity index (χ3v) is 1.60. The van der Waals surface area contributed by atoms with E-state index in [1.54, 1.807) is 12.4 Å². The molecule has 0 N–H and O–H groups in total. The van der Waals surface area contributed by atoms with Crippen molar-refractivity contribution < 1.29 is 19.5 Å². The molecule has 2 heterocycles. The Bertz CT molecular complexity index is 352. The molecule has 2 aliphatic heterocycles. The van der Waals surface area contributed by atoms with Crippen molar-refractivity contribution in [1.82, 2.24) is 0 Å². The minimum Gasteiger partial charge on any atom is -0.267 e. The van der Waals surface area contributed by atoms with Crippen molar-refractivity contribution in [2.75, 3.05) is 13.1 Å². The number of nitrogens with zero attached hydrogens (tertiary/aromatic N) is 6. The zero-order valence-electron chi connectivity index (χ0n) is 8.11. The van der Waals surface area contributed by atoms with Crippen LogP contribution < -0.4 is 0 Å². The summed E-state index contributed by atoms with van der Waals surface area (Å²) in [5.41, 5.74) is 1.62. The average Bonchev–Trinajstić information content (AvgIpc) is 2.86. The molecule has 0 aromatic carbocycles. The molecule has 2 rings (SSSR count). The van der Waals surface area contributed by atoms with Gasteiger partial charge in [0.25, 0.3) is 0 Å². The van der Waals surface area contributed by atoms with Crippen LogP contribution in [0.25, 0.3) is 0 Å². The molecule has 0 spiro atoms. The molecule has 0 unspecified atom stereocenters. The van der Waals surface area contributed by atoms with E-state index < -0.39 is 0 Å². The van der Waals surface area contributed by atoms with Crippen molar-refractivity contribution in [2.45, 2.75) is 0 Å². The summed E-state index contributed by atoms with van der Waals surface area (Å²) in [6.07, 6.45) is 6.19. The Morgan fingerprint density at radius 3 is 1.73 bits per heavy atom. The van der Waals surface area contributed by atoms with Gasteiger partial charge in [-0.3, -0.25) is 9.98 Å². The van der Waals surface area contributed by atoms with E-state index in [0.717, 1.165) is 11.4 Å². The summed E-state index contributed by atoms with van der Waals surface area (Å²) in [7, 11) is 0. The van der Waals surface area contributed by atoms with Crippen LogP contribution in [0.15, 0.2) is 30.2 Å². The SMILES string of the molecule is C1=NCC(/C=N/N=C/C2=NC=NC2)=N1.[Zn]. The maximum atomic E-state index is 3.95. The third kappa shape index (κ3) is 3.71. The topological polar surface area (TPSA) is 74.2 Å². The van der Waals surface area contributed by atoms with Crippen molar-refractivity contribution in [3.8, 4) is 0 Å². The quantitative estimate of drug-likeness (QED) is 0.386. The van der Waals surface area contributed by atoms with Crippen molar-refractivity contribution in [2.24, 2.45) is 30.2 Å². The smallest absolute Gasteiger partial charge is 0.110 e. The molecule has 0 fully saturated rings. The van der Waals surface area contributed by atoms with Gasteiger partial charge < -0.3 is 0 Å². The summed E-state index contributed by atoms with van der Waals surface area (Å²) in [5, 5.41) is 7.63. The fourth-order valence-electron chi connectivity index (χ4n) is 0.929. The molecule has 2 aliphatic rings. The van der Waals surface area contributed by atoms with Gasteiger partial charge in [-0.05, 0) is 0 Å². The summed E-state index contributed by atoms with van der Waals surface area (Å²) in [6, 6.07) is 0. The van der Waals surface area contributed by atoms with Gasteiger partial charge in [0.05, 0.1) is 36.9 Å². The van der Waals surface area contributed by atoms with Crippen LogP contribution in [0.3, 0.4) is 0 Å². The Morgan fingerprint density at radius 1 is 0.933 bits per heavy atom. The Hall–Kier alpha value is -1.36. The van der Waals surface area contributed by atoms with E-state index >= 15 is 0 Å². The summed E-state index contributed by atoms with van der Waals surface area (Å²) < 4.78 is 0. The maximum Gasteiger partial charge on any atom is 0.110 e. The molecule has 0 bridgehead atoms. The largest absolute Gasteiger partial charge is 0.267 e. The molecule has 0 radical (unpaired) electrons. The molecule has 0 aromatic rings. The van der Waals surface area contributed by atoms with Crippen molar-refractivity contribution in [3.63, 3.8) is 0 Å². The average molecular weight is 254 g/mol. The summed E-state index contributed by atoms with van der Waals surface area (Å²) in [4.78, 5) is 15.7. The van der Waals surface area contributed by atoms with Crippen molar-refractivity contribution in [1.29, 1.82) is 0 Å². The number of rotatable bonds is 3. The number of hydrogen-bond donors (Lipinski definition) is 0. The third-order valence-electron chi connectivity index (χ3n) is 1.60. The zero-order chi connectivity index (χ0) is 9.64. The predicted octanol–water partition coefficient (Wildman–Crippen LogP) is 0.00630. The molecular weight excluding hydrogens is 246 g/mol. The first kappa shape index (κ1) is 11.7. The van der Waals surface area contributed by atoms with Crippen molar-refractivity contribution in [3.05, 3.63) is 0 Å². The minimum atomic E-state index is 0. The molecule has 72 valence electrons. The van der Waals surface area contributed by atoms with E-state index in [-0.39, 0.29) is 19.5 Å². The van der Waals surface area contributed by atoms with Gasteiger partial charge in [-0.1, -0.05) is 0 Å². The second-order valence-corrected chi connectivity index (χ2v) is 2.64. The first-order valence-corrected chi connectivity index (χ1v) is 4.11. The molecule has 0 aliphatic carbocycles. The van der Waals surface area contributed by atoms with Crippen LogP contribution >= 0.6 is 0 Å². The number of hydrogen-bond acceptors (Lipinski definition) is 6. The Balaban J connectivity index is 0.00000112. The fraction of sp³-hybridized carbons (Fsp3) is 0.250. The van der Waals surface area contributed by atoms with Gasteiger partial charge in [0, 0.05) is 19.5 Å². The first-order valence-electron chi connectivity index (χ1n) is 4.11. The standard InChI is InChI=1S/C8H8N6.Zn/c1-7(11-5-9-1)3-13-14-4-8-2-10-6-12-8;/h3-6H,1-2H2;/b13-3+,14-4+;. The van der Waals surface area contributed by atoms with E-state index in [1.807, 2.05) is 0 Å².